The van der Waals surface area contributed by atoms with E-state index in [9.17, 15) is 18.0 Å². The Morgan fingerprint density at radius 1 is 0.967 bits per heavy atom. The zero-order valence-electron chi connectivity index (χ0n) is 17.5. The van der Waals surface area contributed by atoms with E-state index in [-0.39, 0.29) is 11.6 Å². The lowest BCUT2D eigenvalue weighted by atomic mass is 10.2. The predicted octanol–water partition coefficient (Wildman–Crippen LogP) is 1.81. The van der Waals surface area contributed by atoms with E-state index in [1.54, 1.807) is 32.3 Å². The van der Waals surface area contributed by atoms with E-state index in [2.05, 4.69) is 5.32 Å². The fraction of sp³-hybridized carbons (Fsp3) is 0.300. The number of nitrogens with one attached hydrogen (secondary N) is 1. The summed E-state index contributed by atoms with van der Waals surface area (Å²) in [6.07, 6.45) is 1.01. The maximum absolute atomic E-state index is 12.5. The first-order valence-corrected chi connectivity index (χ1v) is 10.7. The number of sulfonamides is 1. The van der Waals surface area contributed by atoms with Crippen LogP contribution in [0.4, 0.5) is 11.4 Å². The zero-order valence-corrected chi connectivity index (χ0v) is 18.3. The largest absolute Gasteiger partial charge is 0.493 e. The number of nitrogens with zero attached hydrogens (tertiary/aromatic N) is 2. The third kappa shape index (κ3) is 5.63. The minimum atomic E-state index is -3.75. The fourth-order valence-corrected chi connectivity index (χ4v) is 3.53. The Hall–Kier alpha value is -3.27. The Balaban J connectivity index is 2.21. The molecule has 0 saturated carbocycles. The van der Waals surface area contributed by atoms with Crippen molar-refractivity contribution in [2.24, 2.45) is 0 Å². The molecule has 162 valence electrons. The van der Waals surface area contributed by atoms with E-state index in [4.69, 9.17) is 9.47 Å². The van der Waals surface area contributed by atoms with Crippen LogP contribution in [0.15, 0.2) is 42.5 Å². The third-order valence-electron chi connectivity index (χ3n) is 4.16. The molecule has 0 aliphatic rings. The summed E-state index contributed by atoms with van der Waals surface area (Å²) in [5.41, 5.74) is 1.11. The van der Waals surface area contributed by atoms with Crippen molar-refractivity contribution in [1.29, 1.82) is 0 Å². The molecule has 9 nitrogen and oxygen atoms in total. The van der Waals surface area contributed by atoms with Crippen molar-refractivity contribution in [3.05, 3.63) is 48.0 Å². The van der Waals surface area contributed by atoms with Crippen LogP contribution in [0.3, 0.4) is 0 Å². The molecule has 0 aliphatic heterocycles. The van der Waals surface area contributed by atoms with Crippen LogP contribution in [0, 0.1) is 0 Å². The molecule has 30 heavy (non-hydrogen) atoms. The van der Waals surface area contributed by atoms with Crippen LogP contribution in [0.5, 0.6) is 11.5 Å². The van der Waals surface area contributed by atoms with Gasteiger partial charge in [0.1, 0.15) is 6.54 Å². The van der Waals surface area contributed by atoms with Gasteiger partial charge in [-0.05, 0) is 36.4 Å². The van der Waals surface area contributed by atoms with Gasteiger partial charge in [-0.1, -0.05) is 0 Å². The molecule has 1 N–H and O–H groups in total. The lowest BCUT2D eigenvalue weighted by molar-refractivity contribution is -0.114. The first kappa shape index (κ1) is 23.0. The number of carbonyl (C=O) groups excluding carboxylic acids is 2. The van der Waals surface area contributed by atoms with Gasteiger partial charge >= 0.3 is 0 Å². The van der Waals surface area contributed by atoms with E-state index in [0.29, 0.717) is 22.7 Å². The average molecular weight is 436 g/mol. The standard InChI is InChI=1S/C20H25N3O6S/c1-22(2)20(25)14-6-9-16(10-7-14)23(30(5,26)27)13-19(24)21-15-8-11-17(28-3)18(12-15)29-4/h6-12H,13H2,1-5H3,(H,21,24). The van der Waals surface area contributed by atoms with Crippen LogP contribution in [0.25, 0.3) is 0 Å². The lowest BCUT2D eigenvalue weighted by Crippen LogP contribution is -2.37. The minimum Gasteiger partial charge on any atom is -0.493 e. The second kappa shape index (κ2) is 9.49. The molecular weight excluding hydrogens is 410 g/mol. The average Bonchev–Trinajstić information content (AvgIpc) is 2.70. The molecular formula is C20H25N3O6S. The van der Waals surface area contributed by atoms with Gasteiger partial charge in [-0.2, -0.15) is 0 Å². The number of hydrogen-bond acceptors (Lipinski definition) is 6. The Kier molecular flexibility index (Phi) is 7.28. The molecule has 0 atom stereocenters. The van der Waals surface area contributed by atoms with Crippen LogP contribution in [-0.2, 0) is 14.8 Å². The van der Waals surface area contributed by atoms with Gasteiger partial charge in [0.05, 0.1) is 26.2 Å². The first-order valence-electron chi connectivity index (χ1n) is 8.88. The highest BCUT2D eigenvalue weighted by Gasteiger charge is 2.22. The Morgan fingerprint density at radius 2 is 1.57 bits per heavy atom. The normalized spacial score (nSPS) is 10.8. The van der Waals surface area contributed by atoms with Crippen LogP contribution in [0.2, 0.25) is 0 Å². The minimum absolute atomic E-state index is 0.210. The Morgan fingerprint density at radius 3 is 2.07 bits per heavy atom. The molecule has 0 aliphatic carbocycles. The van der Waals surface area contributed by atoms with Gasteiger partial charge in [0.15, 0.2) is 11.5 Å². The Labute approximate surface area is 176 Å². The summed E-state index contributed by atoms with van der Waals surface area (Å²) in [4.78, 5) is 25.9. The molecule has 0 spiro atoms. The number of benzene rings is 2. The summed E-state index contributed by atoms with van der Waals surface area (Å²) in [6.45, 7) is -0.436. The van der Waals surface area contributed by atoms with Gasteiger partial charge < -0.3 is 19.7 Å². The molecule has 0 heterocycles. The van der Waals surface area contributed by atoms with Gasteiger partial charge in [-0.25, -0.2) is 8.42 Å². The fourth-order valence-electron chi connectivity index (χ4n) is 2.67. The number of anilines is 2. The smallest absolute Gasteiger partial charge is 0.253 e. The highest BCUT2D eigenvalue weighted by Crippen LogP contribution is 2.29. The topological polar surface area (TPSA) is 105 Å². The predicted molar refractivity (Wildman–Crippen MR) is 115 cm³/mol. The lowest BCUT2D eigenvalue weighted by Gasteiger charge is -2.22. The molecule has 0 aromatic heterocycles. The van der Waals surface area contributed by atoms with Crippen molar-refractivity contribution in [3.63, 3.8) is 0 Å². The molecule has 0 bridgehead atoms. The monoisotopic (exact) mass is 435 g/mol. The number of hydrogen-bond donors (Lipinski definition) is 1. The number of amides is 2. The molecule has 2 rings (SSSR count). The van der Waals surface area contributed by atoms with Crippen LogP contribution >= 0.6 is 0 Å². The molecule has 2 aromatic rings. The summed E-state index contributed by atoms with van der Waals surface area (Å²) >= 11 is 0. The number of carbonyl (C=O) groups is 2. The van der Waals surface area contributed by atoms with Gasteiger partial charge in [0.2, 0.25) is 15.9 Å². The van der Waals surface area contributed by atoms with Crippen LogP contribution in [0.1, 0.15) is 10.4 Å². The van der Waals surface area contributed by atoms with Gasteiger partial charge in [-0.3, -0.25) is 13.9 Å². The molecule has 0 fully saturated rings. The summed E-state index contributed by atoms with van der Waals surface area (Å²) < 4.78 is 35.8. The molecule has 0 radical (unpaired) electrons. The molecule has 2 aromatic carbocycles. The van der Waals surface area contributed by atoms with E-state index < -0.39 is 22.5 Å². The van der Waals surface area contributed by atoms with Crippen LogP contribution < -0.4 is 19.1 Å². The van der Waals surface area contributed by atoms with E-state index in [1.807, 2.05) is 0 Å². The van der Waals surface area contributed by atoms with E-state index in [0.717, 1.165) is 10.6 Å². The number of methoxy groups -OCH3 is 2. The van der Waals surface area contributed by atoms with Crippen molar-refractivity contribution in [2.75, 3.05) is 50.7 Å². The SMILES string of the molecule is COc1ccc(NC(=O)CN(c2ccc(C(=O)N(C)C)cc2)S(C)(=O)=O)cc1OC. The molecule has 10 heteroatoms. The second-order valence-electron chi connectivity index (χ2n) is 6.63. The van der Waals surface area contributed by atoms with Crippen molar-refractivity contribution in [2.45, 2.75) is 0 Å². The van der Waals surface area contributed by atoms with Crippen molar-refractivity contribution < 1.29 is 27.5 Å². The highest BCUT2D eigenvalue weighted by atomic mass is 32.2. The van der Waals surface area contributed by atoms with Gasteiger partial charge in [-0.15, -0.1) is 0 Å². The molecule has 0 unspecified atom stereocenters. The molecule has 2 amide bonds. The summed E-state index contributed by atoms with van der Waals surface area (Å²) in [5, 5.41) is 2.64. The number of rotatable bonds is 8. The van der Waals surface area contributed by atoms with E-state index >= 15 is 0 Å². The maximum atomic E-state index is 12.5. The zero-order chi connectivity index (χ0) is 22.5. The van der Waals surface area contributed by atoms with Crippen LogP contribution in [-0.4, -0.2) is 66.2 Å². The molecule has 0 saturated heterocycles. The quantitative estimate of drug-likeness (QED) is 0.678. The van der Waals surface area contributed by atoms with Crippen molar-refractivity contribution in [1.82, 2.24) is 4.90 Å². The van der Waals surface area contributed by atoms with Crippen molar-refractivity contribution >= 4 is 33.2 Å². The maximum Gasteiger partial charge on any atom is 0.253 e. The number of ether oxygens (including phenoxy) is 2. The Bertz CT molecular complexity index is 1020. The highest BCUT2D eigenvalue weighted by molar-refractivity contribution is 7.92. The van der Waals surface area contributed by atoms with Crippen molar-refractivity contribution in [3.8, 4) is 11.5 Å². The van der Waals surface area contributed by atoms with E-state index in [1.165, 1.54) is 43.4 Å². The second-order valence-corrected chi connectivity index (χ2v) is 8.54. The first-order chi connectivity index (χ1) is 14.1. The van der Waals surface area contributed by atoms with Gasteiger partial charge in [0.25, 0.3) is 5.91 Å². The summed E-state index contributed by atoms with van der Waals surface area (Å²) in [6, 6.07) is 10.8. The third-order valence-corrected chi connectivity index (χ3v) is 5.30. The summed E-state index contributed by atoms with van der Waals surface area (Å²) in [7, 11) is 2.47. The van der Waals surface area contributed by atoms with Gasteiger partial charge in [0, 0.05) is 31.4 Å². The summed E-state index contributed by atoms with van der Waals surface area (Å²) in [5.74, 6) is 0.178.